The van der Waals surface area contributed by atoms with E-state index in [0.717, 1.165) is 14.7 Å². The first-order chi connectivity index (χ1) is 14.1. The molecular formula is C23H16BrNO3S. The number of hydrogen-bond acceptors (Lipinski definition) is 4. The Hall–Kier alpha value is -2.96. The van der Waals surface area contributed by atoms with E-state index in [1.807, 2.05) is 48.5 Å². The molecule has 3 aromatic carbocycles. The van der Waals surface area contributed by atoms with Crippen LogP contribution >= 0.6 is 27.3 Å². The van der Waals surface area contributed by atoms with Gasteiger partial charge in [-0.25, -0.2) is 0 Å². The molecule has 4 nitrogen and oxygen atoms in total. The second kappa shape index (κ2) is 8.19. The number of hydrogen-bond donors (Lipinski definition) is 1. The standard InChI is InChI=1S/C23H16BrNO3S/c1-28-17-6-4-5-15(13-17)22(27)25-23-20(14-9-11-16(24)12-10-14)21(26)18-7-2-3-8-19(18)29-23/h2-13H,1H3,(H,25,27). The van der Waals surface area contributed by atoms with Crippen LogP contribution in [0.15, 0.2) is 82.1 Å². The Balaban J connectivity index is 1.86. The zero-order chi connectivity index (χ0) is 20.4. The van der Waals surface area contributed by atoms with Crippen LogP contribution in [0.3, 0.4) is 0 Å². The zero-order valence-corrected chi connectivity index (χ0v) is 17.8. The number of benzene rings is 3. The van der Waals surface area contributed by atoms with E-state index in [-0.39, 0.29) is 11.3 Å². The fourth-order valence-corrected chi connectivity index (χ4v) is 4.41. The number of anilines is 1. The molecule has 4 rings (SSSR count). The molecule has 0 saturated heterocycles. The van der Waals surface area contributed by atoms with Gasteiger partial charge in [0.1, 0.15) is 10.8 Å². The highest BCUT2D eigenvalue weighted by atomic mass is 79.9. The van der Waals surface area contributed by atoms with Crippen LogP contribution in [0.5, 0.6) is 5.75 Å². The minimum atomic E-state index is -0.298. The highest BCUT2D eigenvalue weighted by Crippen LogP contribution is 2.34. The van der Waals surface area contributed by atoms with Crippen molar-refractivity contribution in [3.63, 3.8) is 0 Å². The normalized spacial score (nSPS) is 10.7. The number of ether oxygens (including phenoxy) is 1. The van der Waals surface area contributed by atoms with Gasteiger partial charge in [-0.3, -0.25) is 9.59 Å². The first-order valence-electron chi connectivity index (χ1n) is 8.84. The van der Waals surface area contributed by atoms with Crippen molar-refractivity contribution in [2.24, 2.45) is 0 Å². The molecule has 0 aliphatic carbocycles. The van der Waals surface area contributed by atoms with Crippen molar-refractivity contribution < 1.29 is 9.53 Å². The van der Waals surface area contributed by atoms with Gasteiger partial charge < -0.3 is 10.1 Å². The lowest BCUT2D eigenvalue weighted by molar-refractivity contribution is 0.102. The lowest BCUT2D eigenvalue weighted by Gasteiger charge is -2.12. The third-order valence-corrected chi connectivity index (χ3v) is 6.10. The molecule has 0 saturated carbocycles. The molecule has 0 bridgehead atoms. The SMILES string of the molecule is COc1cccc(C(=O)Nc2sc3ccccc3c(=O)c2-c2ccc(Br)cc2)c1. The Morgan fingerprint density at radius 2 is 1.76 bits per heavy atom. The van der Waals surface area contributed by atoms with E-state index in [4.69, 9.17) is 4.74 Å². The maximum absolute atomic E-state index is 13.3. The molecule has 0 fully saturated rings. The molecular weight excluding hydrogens is 450 g/mol. The summed E-state index contributed by atoms with van der Waals surface area (Å²) in [6, 6.07) is 21.8. The molecule has 0 unspecified atom stereocenters. The quantitative estimate of drug-likeness (QED) is 0.404. The van der Waals surface area contributed by atoms with Crippen molar-refractivity contribution in [1.29, 1.82) is 0 Å². The Morgan fingerprint density at radius 3 is 2.52 bits per heavy atom. The van der Waals surface area contributed by atoms with Gasteiger partial charge >= 0.3 is 0 Å². The minimum absolute atomic E-state index is 0.109. The Kier molecular flexibility index (Phi) is 5.47. The van der Waals surface area contributed by atoms with Crippen molar-refractivity contribution in [3.8, 4) is 16.9 Å². The van der Waals surface area contributed by atoms with Crippen molar-refractivity contribution in [2.45, 2.75) is 0 Å². The Bertz CT molecular complexity index is 1270. The molecule has 0 aliphatic heterocycles. The zero-order valence-electron chi connectivity index (χ0n) is 15.4. The fourth-order valence-electron chi connectivity index (χ4n) is 3.05. The Morgan fingerprint density at radius 1 is 1.00 bits per heavy atom. The summed E-state index contributed by atoms with van der Waals surface area (Å²) in [7, 11) is 1.55. The molecule has 144 valence electrons. The van der Waals surface area contributed by atoms with Gasteiger partial charge in [0.2, 0.25) is 0 Å². The van der Waals surface area contributed by atoms with E-state index < -0.39 is 0 Å². The van der Waals surface area contributed by atoms with E-state index in [0.29, 0.717) is 27.3 Å². The molecule has 29 heavy (non-hydrogen) atoms. The molecule has 0 spiro atoms. The molecule has 1 N–H and O–H groups in total. The summed E-state index contributed by atoms with van der Waals surface area (Å²) in [5.74, 6) is 0.297. The van der Waals surface area contributed by atoms with Gasteiger partial charge in [0.05, 0.1) is 12.7 Å². The van der Waals surface area contributed by atoms with Crippen LogP contribution in [0.1, 0.15) is 10.4 Å². The van der Waals surface area contributed by atoms with Crippen LogP contribution < -0.4 is 15.5 Å². The summed E-state index contributed by atoms with van der Waals surface area (Å²) in [6.45, 7) is 0. The molecule has 0 aliphatic rings. The maximum atomic E-state index is 13.3. The van der Waals surface area contributed by atoms with E-state index in [1.54, 1.807) is 31.4 Å². The van der Waals surface area contributed by atoms with Crippen LogP contribution in [0.25, 0.3) is 21.2 Å². The summed E-state index contributed by atoms with van der Waals surface area (Å²) in [5, 5.41) is 4.09. The number of fused-ring (bicyclic) bond motifs is 1. The van der Waals surface area contributed by atoms with E-state index in [2.05, 4.69) is 21.2 Å². The van der Waals surface area contributed by atoms with Crippen LogP contribution in [-0.2, 0) is 0 Å². The smallest absolute Gasteiger partial charge is 0.256 e. The van der Waals surface area contributed by atoms with Gasteiger partial charge in [0.15, 0.2) is 5.43 Å². The average molecular weight is 466 g/mol. The van der Waals surface area contributed by atoms with Gasteiger partial charge in [-0.1, -0.05) is 46.3 Å². The molecule has 6 heteroatoms. The van der Waals surface area contributed by atoms with Gasteiger partial charge in [-0.05, 0) is 48.0 Å². The topological polar surface area (TPSA) is 55.4 Å². The van der Waals surface area contributed by atoms with Crippen LogP contribution in [-0.4, -0.2) is 13.0 Å². The summed E-state index contributed by atoms with van der Waals surface area (Å²) in [5.41, 5.74) is 1.58. The van der Waals surface area contributed by atoms with Gasteiger partial charge in [0.25, 0.3) is 5.91 Å². The number of nitrogens with one attached hydrogen (secondary N) is 1. The monoisotopic (exact) mass is 465 g/mol. The number of rotatable bonds is 4. The molecule has 1 aromatic heterocycles. The summed E-state index contributed by atoms with van der Waals surface area (Å²) < 4.78 is 6.94. The van der Waals surface area contributed by atoms with Crippen molar-refractivity contribution >= 4 is 48.3 Å². The fraction of sp³-hybridized carbons (Fsp3) is 0.0435. The van der Waals surface area contributed by atoms with Crippen LogP contribution in [0.2, 0.25) is 0 Å². The van der Waals surface area contributed by atoms with Crippen LogP contribution in [0.4, 0.5) is 5.00 Å². The number of carbonyl (C=O) groups is 1. The van der Waals surface area contributed by atoms with Gasteiger partial charge in [-0.2, -0.15) is 0 Å². The molecule has 1 heterocycles. The third kappa shape index (κ3) is 3.95. The number of methoxy groups -OCH3 is 1. The maximum Gasteiger partial charge on any atom is 0.256 e. The summed E-state index contributed by atoms with van der Waals surface area (Å²) in [6.07, 6.45) is 0. The number of halogens is 1. The predicted octanol–water partition coefficient (Wildman–Crippen LogP) is 5.95. The van der Waals surface area contributed by atoms with Crippen molar-refractivity contribution in [1.82, 2.24) is 0 Å². The average Bonchev–Trinajstić information content (AvgIpc) is 2.75. The highest BCUT2D eigenvalue weighted by Gasteiger charge is 2.17. The lowest BCUT2D eigenvalue weighted by atomic mass is 10.1. The number of carbonyl (C=O) groups excluding carboxylic acids is 1. The van der Waals surface area contributed by atoms with E-state index >= 15 is 0 Å². The third-order valence-electron chi connectivity index (χ3n) is 4.49. The highest BCUT2D eigenvalue weighted by molar-refractivity contribution is 9.10. The molecule has 0 atom stereocenters. The van der Waals surface area contributed by atoms with Gasteiger partial charge in [0, 0.05) is 20.1 Å². The first kappa shape index (κ1) is 19.4. The molecule has 4 aromatic rings. The predicted molar refractivity (Wildman–Crippen MR) is 122 cm³/mol. The van der Waals surface area contributed by atoms with Gasteiger partial charge in [-0.15, -0.1) is 11.3 Å². The largest absolute Gasteiger partial charge is 0.497 e. The summed E-state index contributed by atoms with van der Waals surface area (Å²) in [4.78, 5) is 26.2. The lowest BCUT2D eigenvalue weighted by Crippen LogP contribution is -2.15. The number of amides is 1. The molecule has 1 amide bonds. The summed E-state index contributed by atoms with van der Waals surface area (Å²) >= 11 is 4.81. The second-order valence-electron chi connectivity index (χ2n) is 6.32. The van der Waals surface area contributed by atoms with E-state index in [1.165, 1.54) is 11.3 Å². The molecule has 0 radical (unpaired) electrons. The van der Waals surface area contributed by atoms with Crippen LogP contribution in [0, 0.1) is 0 Å². The van der Waals surface area contributed by atoms with E-state index in [9.17, 15) is 9.59 Å². The van der Waals surface area contributed by atoms with Crippen molar-refractivity contribution in [3.05, 3.63) is 93.1 Å². The Labute approximate surface area is 179 Å². The van der Waals surface area contributed by atoms with Crippen molar-refractivity contribution in [2.75, 3.05) is 12.4 Å². The first-order valence-corrected chi connectivity index (χ1v) is 10.4. The second-order valence-corrected chi connectivity index (χ2v) is 8.29. The minimum Gasteiger partial charge on any atom is -0.497 e.